The lowest BCUT2D eigenvalue weighted by molar-refractivity contribution is 0.0740. The van der Waals surface area contributed by atoms with E-state index in [1.807, 2.05) is 30.3 Å². The fourth-order valence-corrected chi connectivity index (χ4v) is 5.47. The van der Waals surface area contributed by atoms with Gasteiger partial charge in [0.15, 0.2) is 0 Å². The van der Waals surface area contributed by atoms with E-state index in [-0.39, 0.29) is 5.97 Å². The Bertz CT molecular complexity index is 1000. The minimum Gasteiger partial charge on any atom is -0.422 e. The van der Waals surface area contributed by atoms with Crippen molar-refractivity contribution in [1.29, 1.82) is 0 Å². The van der Waals surface area contributed by atoms with E-state index in [1.165, 1.54) is 93.1 Å². The first-order valence-corrected chi connectivity index (χ1v) is 15.0. The van der Waals surface area contributed by atoms with Crippen LogP contribution in [-0.2, 0) is 12.8 Å². The number of esters is 1. The number of hydrogen-bond acceptors (Lipinski definition) is 3. The molecule has 0 aliphatic rings. The van der Waals surface area contributed by atoms with E-state index >= 15 is 0 Å². The zero-order valence-electron chi connectivity index (χ0n) is 22.4. The molecule has 0 radical (unpaired) electrons. The minimum atomic E-state index is -0.262. The van der Waals surface area contributed by atoms with Gasteiger partial charge in [0.2, 0.25) is 0 Å². The quantitative estimate of drug-likeness (QED) is 0.104. The zero-order valence-corrected chi connectivity index (χ0v) is 23.2. The van der Waals surface area contributed by atoms with Crippen molar-refractivity contribution in [2.45, 2.75) is 104 Å². The van der Waals surface area contributed by atoms with E-state index in [1.54, 1.807) is 11.3 Å². The molecule has 2 nitrogen and oxygen atoms in total. The second-order valence-electron chi connectivity index (χ2n) is 9.91. The molecule has 0 spiro atoms. The second-order valence-corrected chi connectivity index (χ2v) is 11.1. The minimum absolute atomic E-state index is 0.262. The highest BCUT2D eigenvalue weighted by atomic mass is 32.1. The number of carbonyl (C=O) groups excluding carboxylic acids is 1. The lowest BCUT2D eigenvalue weighted by Crippen LogP contribution is -2.06. The molecule has 2 aromatic carbocycles. The summed E-state index contributed by atoms with van der Waals surface area (Å²) in [7, 11) is 0. The first-order valence-electron chi connectivity index (χ1n) is 14.2. The summed E-state index contributed by atoms with van der Waals surface area (Å²) < 4.78 is 5.65. The van der Waals surface area contributed by atoms with Crippen LogP contribution in [0.25, 0.3) is 11.1 Å². The average Bonchev–Trinajstić information content (AvgIpc) is 3.38. The molecule has 1 heterocycles. The standard InChI is InChI=1S/C33H44O2S/c1-3-5-7-9-10-11-12-14-16-31-25-26-32(36-31)33(34)35-30-23-21-29(22-24-30)28-19-17-27(18-20-28)15-13-8-6-4-2/h17-26H,3-16H2,1-2H3. The Hall–Kier alpha value is -2.39. The van der Waals surface area contributed by atoms with Gasteiger partial charge in [0.05, 0.1) is 0 Å². The van der Waals surface area contributed by atoms with Gasteiger partial charge < -0.3 is 4.74 Å². The van der Waals surface area contributed by atoms with Gasteiger partial charge in [-0.25, -0.2) is 4.79 Å². The Morgan fingerprint density at radius 1 is 0.611 bits per heavy atom. The van der Waals surface area contributed by atoms with Crippen molar-refractivity contribution >= 4 is 17.3 Å². The van der Waals surface area contributed by atoms with Crippen molar-refractivity contribution in [2.24, 2.45) is 0 Å². The fraction of sp³-hybridized carbons (Fsp3) is 0.485. The molecule has 3 rings (SSSR count). The van der Waals surface area contributed by atoms with Gasteiger partial charge in [0, 0.05) is 4.88 Å². The van der Waals surface area contributed by atoms with Crippen molar-refractivity contribution in [1.82, 2.24) is 0 Å². The van der Waals surface area contributed by atoms with Crippen LogP contribution in [0.1, 0.15) is 111 Å². The van der Waals surface area contributed by atoms with E-state index in [0.717, 1.165) is 18.4 Å². The van der Waals surface area contributed by atoms with Crippen molar-refractivity contribution in [2.75, 3.05) is 0 Å². The summed E-state index contributed by atoms with van der Waals surface area (Å²) in [4.78, 5) is 14.6. The van der Waals surface area contributed by atoms with E-state index in [9.17, 15) is 4.79 Å². The van der Waals surface area contributed by atoms with E-state index < -0.39 is 0 Å². The molecule has 36 heavy (non-hydrogen) atoms. The van der Waals surface area contributed by atoms with Crippen LogP contribution in [0, 0.1) is 0 Å². The van der Waals surface area contributed by atoms with Gasteiger partial charge in [-0.1, -0.05) is 114 Å². The first-order chi connectivity index (χ1) is 17.7. The van der Waals surface area contributed by atoms with Crippen LogP contribution < -0.4 is 4.74 Å². The Morgan fingerprint density at radius 2 is 1.14 bits per heavy atom. The zero-order chi connectivity index (χ0) is 25.4. The summed E-state index contributed by atoms with van der Waals surface area (Å²) in [5.41, 5.74) is 3.73. The number of rotatable bonds is 17. The maximum atomic E-state index is 12.6. The van der Waals surface area contributed by atoms with Crippen LogP contribution in [0.5, 0.6) is 5.75 Å². The summed E-state index contributed by atoms with van der Waals surface area (Å²) in [5, 5.41) is 0. The van der Waals surface area contributed by atoms with Crippen LogP contribution in [0.4, 0.5) is 0 Å². The van der Waals surface area contributed by atoms with E-state index in [0.29, 0.717) is 10.6 Å². The third-order valence-electron chi connectivity index (χ3n) is 6.81. The molecule has 1 aromatic heterocycles. The molecule has 3 heteroatoms. The van der Waals surface area contributed by atoms with E-state index in [2.05, 4.69) is 44.2 Å². The molecule has 0 saturated carbocycles. The highest BCUT2D eigenvalue weighted by Gasteiger charge is 2.12. The van der Waals surface area contributed by atoms with Gasteiger partial charge in [0.1, 0.15) is 10.6 Å². The Kier molecular flexibility index (Phi) is 12.8. The summed E-state index contributed by atoms with van der Waals surface area (Å²) in [6, 6.07) is 20.7. The predicted molar refractivity (Wildman–Crippen MR) is 155 cm³/mol. The second kappa shape index (κ2) is 16.4. The molecule has 0 fully saturated rings. The molecule has 194 valence electrons. The number of carbonyl (C=O) groups is 1. The van der Waals surface area contributed by atoms with Gasteiger partial charge in [-0.3, -0.25) is 0 Å². The molecule has 3 aromatic rings. The van der Waals surface area contributed by atoms with Crippen LogP contribution in [-0.4, -0.2) is 5.97 Å². The fourth-order valence-electron chi connectivity index (χ4n) is 4.55. The topological polar surface area (TPSA) is 26.3 Å². The maximum absolute atomic E-state index is 12.6. The predicted octanol–water partition coefficient (Wildman–Crippen LogP) is 10.4. The van der Waals surface area contributed by atoms with Crippen molar-refractivity contribution in [3.05, 3.63) is 76.0 Å². The summed E-state index contributed by atoms with van der Waals surface area (Å²) in [6.45, 7) is 4.51. The number of ether oxygens (including phenoxy) is 1. The lowest BCUT2D eigenvalue weighted by atomic mass is 10.0. The van der Waals surface area contributed by atoms with Crippen molar-refractivity contribution < 1.29 is 9.53 Å². The molecule has 0 bridgehead atoms. The molecule has 0 unspecified atom stereocenters. The van der Waals surface area contributed by atoms with Gasteiger partial charge in [-0.2, -0.15) is 0 Å². The van der Waals surface area contributed by atoms with E-state index in [4.69, 9.17) is 4.74 Å². The number of thiophene rings is 1. The first kappa shape index (κ1) is 28.2. The molecule has 0 aliphatic carbocycles. The van der Waals surface area contributed by atoms with Crippen LogP contribution >= 0.6 is 11.3 Å². The van der Waals surface area contributed by atoms with Crippen LogP contribution in [0.15, 0.2) is 60.7 Å². The normalized spacial score (nSPS) is 11.1. The molecule has 0 N–H and O–H groups in total. The largest absolute Gasteiger partial charge is 0.422 e. The SMILES string of the molecule is CCCCCCCCCCc1ccc(C(=O)Oc2ccc(-c3ccc(CCCCCC)cc3)cc2)s1. The number of unbranched alkanes of at least 4 members (excludes halogenated alkanes) is 10. The summed E-state index contributed by atoms with van der Waals surface area (Å²) >= 11 is 1.57. The molecule has 0 saturated heterocycles. The molecule has 0 aliphatic heterocycles. The smallest absolute Gasteiger partial charge is 0.353 e. The Balaban J connectivity index is 1.41. The third-order valence-corrected chi connectivity index (χ3v) is 7.94. The molecule has 0 amide bonds. The maximum Gasteiger partial charge on any atom is 0.353 e. The summed E-state index contributed by atoms with van der Waals surface area (Å²) in [5.74, 6) is 0.330. The van der Waals surface area contributed by atoms with Gasteiger partial charge >= 0.3 is 5.97 Å². The average molecular weight is 505 g/mol. The molecular weight excluding hydrogens is 460 g/mol. The van der Waals surface area contributed by atoms with Crippen LogP contribution in [0.2, 0.25) is 0 Å². The summed E-state index contributed by atoms with van der Waals surface area (Å²) in [6.07, 6.45) is 17.9. The highest BCUT2D eigenvalue weighted by Crippen LogP contribution is 2.25. The number of benzene rings is 2. The van der Waals surface area contributed by atoms with Gasteiger partial charge in [0.25, 0.3) is 0 Å². The lowest BCUT2D eigenvalue weighted by Gasteiger charge is -2.07. The van der Waals surface area contributed by atoms with Crippen molar-refractivity contribution in [3.8, 4) is 16.9 Å². The third kappa shape index (κ3) is 9.93. The van der Waals surface area contributed by atoms with Crippen LogP contribution in [0.3, 0.4) is 0 Å². The Morgan fingerprint density at radius 3 is 1.78 bits per heavy atom. The number of aryl methyl sites for hydroxylation is 2. The Labute approximate surface area is 223 Å². The number of hydrogen-bond donors (Lipinski definition) is 0. The van der Waals surface area contributed by atoms with Gasteiger partial charge in [-0.05, 0) is 66.6 Å². The van der Waals surface area contributed by atoms with Gasteiger partial charge in [-0.15, -0.1) is 11.3 Å². The molecular formula is C33H44O2S. The highest BCUT2D eigenvalue weighted by molar-refractivity contribution is 7.13. The molecule has 0 atom stereocenters. The monoisotopic (exact) mass is 504 g/mol. The van der Waals surface area contributed by atoms with Crippen molar-refractivity contribution in [3.63, 3.8) is 0 Å².